The Kier molecular flexibility index (Phi) is 4.28. The number of aromatic nitrogens is 2. The van der Waals surface area contributed by atoms with Crippen molar-refractivity contribution >= 4 is 27.7 Å². The third-order valence-corrected chi connectivity index (χ3v) is 2.54. The van der Waals surface area contributed by atoms with E-state index in [-0.39, 0.29) is 18.6 Å². The summed E-state index contributed by atoms with van der Waals surface area (Å²) in [6.45, 7) is 4.65. The second-order valence-corrected chi connectivity index (χ2v) is 4.26. The van der Waals surface area contributed by atoms with Crippen molar-refractivity contribution < 1.29 is 5.11 Å². The van der Waals surface area contributed by atoms with Gasteiger partial charge in [-0.05, 0) is 29.8 Å². The first-order valence-corrected chi connectivity index (χ1v) is 5.51. The Hall–Kier alpha value is -0.880. The number of hydrogen-bond acceptors (Lipinski definition) is 5. The van der Waals surface area contributed by atoms with Crippen LogP contribution in [0.5, 0.6) is 0 Å². The minimum absolute atomic E-state index is 0.0779. The number of nitrogens with two attached hydrogens (primary N) is 1. The fraction of sp³-hybridized carbons (Fsp3) is 0.556. The average Bonchev–Trinajstić information content (AvgIpc) is 2.18. The Morgan fingerprint density at radius 3 is 2.80 bits per heavy atom. The summed E-state index contributed by atoms with van der Waals surface area (Å²) in [4.78, 5) is 9.98. The van der Waals surface area contributed by atoms with E-state index in [0.717, 1.165) is 4.47 Å². The van der Waals surface area contributed by atoms with Gasteiger partial charge in [0.1, 0.15) is 5.82 Å². The summed E-state index contributed by atoms with van der Waals surface area (Å²) in [5.41, 5.74) is 5.53. The van der Waals surface area contributed by atoms with Gasteiger partial charge in [0.05, 0.1) is 11.1 Å². The topological polar surface area (TPSA) is 75.3 Å². The zero-order valence-electron chi connectivity index (χ0n) is 8.81. The number of hydrogen-bond donors (Lipinski definition) is 2. The number of aliphatic hydroxyl groups excluding tert-OH is 1. The van der Waals surface area contributed by atoms with Gasteiger partial charge in [-0.25, -0.2) is 4.98 Å². The second-order valence-electron chi connectivity index (χ2n) is 3.41. The molecule has 0 fully saturated rings. The lowest BCUT2D eigenvalue weighted by Gasteiger charge is -2.27. The minimum atomic E-state index is 0.0779. The van der Waals surface area contributed by atoms with Gasteiger partial charge in [0.25, 0.3) is 0 Å². The molecular formula is C9H15BrN4O. The van der Waals surface area contributed by atoms with E-state index in [1.54, 1.807) is 6.20 Å². The van der Waals surface area contributed by atoms with Crippen molar-refractivity contribution in [2.24, 2.45) is 0 Å². The van der Waals surface area contributed by atoms with E-state index in [9.17, 15) is 0 Å². The lowest BCUT2D eigenvalue weighted by Crippen LogP contribution is -2.34. The van der Waals surface area contributed by atoms with Crippen LogP contribution in [0.2, 0.25) is 0 Å². The first kappa shape index (κ1) is 12.2. The van der Waals surface area contributed by atoms with Crippen molar-refractivity contribution in [1.29, 1.82) is 0 Å². The van der Waals surface area contributed by atoms with Gasteiger partial charge in [0, 0.05) is 18.8 Å². The molecule has 0 atom stereocenters. The van der Waals surface area contributed by atoms with Gasteiger partial charge in [-0.3, -0.25) is 0 Å². The van der Waals surface area contributed by atoms with E-state index in [0.29, 0.717) is 12.4 Å². The molecule has 0 amide bonds. The number of aliphatic hydroxyl groups is 1. The quantitative estimate of drug-likeness (QED) is 0.858. The minimum Gasteiger partial charge on any atom is -0.395 e. The molecule has 0 bridgehead atoms. The summed E-state index contributed by atoms with van der Waals surface area (Å²) in [5.74, 6) is 0.948. The van der Waals surface area contributed by atoms with Crippen molar-refractivity contribution in [1.82, 2.24) is 9.97 Å². The maximum atomic E-state index is 8.98. The van der Waals surface area contributed by atoms with Crippen LogP contribution in [0.1, 0.15) is 13.8 Å². The summed E-state index contributed by atoms with van der Waals surface area (Å²) in [5, 5.41) is 8.98. The van der Waals surface area contributed by atoms with Gasteiger partial charge in [-0.2, -0.15) is 4.98 Å². The highest BCUT2D eigenvalue weighted by molar-refractivity contribution is 9.10. The van der Waals surface area contributed by atoms with Crippen molar-refractivity contribution in [2.45, 2.75) is 19.9 Å². The molecular weight excluding hydrogens is 260 g/mol. The second kappa shape index (κ2) is 5.27. The van der Waals surface area contributed by atoms with Gasteiger partial charge in [-0.1, -0.05) is 0 Å². The summed E-state index contributed by atoms with van der Waals surface area (Å²) >= 11 is 3.37. The summed E-state index contributed by atoms with van der Waals surface area (Å²) in [6, 6.07) is 0.239. The Morgan fingerprint density at radius 1 is 1.60 bits per heavy atom. The summed E-state index contributed by atoms with van der Waals surface area (Å²) < 4.78 is 0.777. The molecule has 0 unspecified atom stereocenters. The Labute approximate surface area is 97.5 Å². The molecule has 1 aromatic rings. The number of nitrogen functional groups attached to an aromatic ring is 1. The third kappa shape index (κ3) is 3.04. The molecule has 1 rings (SSSR count). The van der Waals surface area contributed by atoms with Crippen LogP contribution in [0.25, 0.3) is 0 Å². The zero-order valence-corrected chi connectivity index (χ0v) is 10.4. The Bertz CT molecular complexity index is 332. The molecule has 6 heteroatoms. The molecule has 0 saturated carbocycles. The first-order valence-electron chi connectivity index (χ1n) is 4.71. The zero-order chi connectivity index (χ0) is 11.4. The van der Waals surface area contributed by atoms with E-state index in [1.807, 2.05) is 18.7 Å². The highest BCUT2D eigenvalue weighted by atomic mass is 79.9. The predicted molar refractivity (Wildman–Crippen MR) is 63.7 cm³/mol. The molecule has 0 aliphatic rings. The van der Waals surface area contributed by atoms with Crippen LogP contribution < -0.4 is 10.6 Å². The van der Waals surface area contributed by atoms with Crippen molar-refractivity contribution in [2.75, 3.05) is 23.8 Å². The molecule has 0 radical (unpaired) electrons. The van der Waals surface area contributed by atoms with Gasteiger partial charge in [-0.15, -0.1) is 0 Å². The average molecular weight is 275 g/mol. The van der Waals surface area contributed by atoms with Crippen LogP contribution in [0.15, 0.2) is 10.7 Å². The van der Waals surface area contributed by atoms with Crippen molar-refractivity contribution in [3.63, 3.8) is 0 Å². The molecule has 0 aliphatic heterocycles. The molecule has 0 aliphatic carbocycles. The number of nitrogens with zero attached hydrogens (tertiary/aromatic N) is 3. The number of rotatable bonds is 4. The van der Waals surface area contributed by atoms with Gasteiger partial charge in [0.2, 0.25) is 5.95 Å². The Balaban J connectivity index is 3.04. The highest BCUT2D eigenvalue weighted by Crippen LogP contribution is 2.24. The van der Waals surface area contributed by atoms with Crippen molar-refractivity contribution in [3.8, 4) is 0 Å². The molecule has 0 aromatic carbocycles. The maximum absolute atomic E-state index is 8.98. The van der Waals surface area contributed by atoms with Crippen LogP contribution in [0.3, 0.4) is 0 Å². The van der Waals surface area contributed by atoms with Crippen LogP contribution in [0, 0.1) is 0 Å². The predicted octanol–water partition coefficient (Wildman–Crippen LogP) is 1.03. The molecule has 15 heavy (non-hydrogen) atoms. The smallest absolute Gasteiger partial charge is 0.222 e. The standard InChI is InChI=1S/C9H15BrN4O/c1-6(2)14(3-4-15)8-7(10)5-12-9(11)13-8/h5-6,15H,3-4H2,1-2H3,(H2,11,12,13). The lowest BCUT2D eigenvalue weighted by atomic mass is 10.3. The lowest BCUT2D eigenvalue weighted by molar-refractivity contribution is 0.298. The van der Waals surface area contributed by atoms with E-state index in [2.05, 4.69) is 25.9 Å². The molecule has 3 N–H and O–H groups in total. The fourth-order valence-electron chi connectivity index (χ4n) is 1.29. The first-order chi connectivity index (χ1) is 7.06. The van der Waals surface area contributed by atoms with E-state index >= 15 is 0 Å². The van der Waals surface area contributed by atoms with Crippen LogP contribution in [-0.4, -0.2) is 34.3 Å². The molecule has 84 valence electrons. The fourth-order valence-corrected chi connectivity index (χ4v) is 1.71. The molecule has 1 aromatic heterocycles. The van der Waals surface area contributed by atoms with Gasteiger partial charge < -0.3 is 15.7 Å². The van der Waals surface area contributed by atoms with Crippen LogP contribution in [-0.2, 0) is 0 Å². The van der Waals surface area contributed by atoms with Gasteiger partial charge in [0.15, 0.2) is 0 Å². The number of anilines is 2. The summed E-state index contributed by atoms with van der Waals surface area (Å²) in [6.07, 6.45) is 1.62. The van der Waals surface area contributed by atoms with Gasteiger partial charge >= 0.3 is 0 Å². The molecule has 0 spiro atoms. The maximum Gasteiger partial charge on any atom is 0.222 e. The molecule has 5 nitrogen and oxygen atoms in total. The van der Waals surface area contributed by atoms with E-state index < -0.39 is 0 Å². The SMILES string of the molecule is CC(C)N(CCO)c1nc(N)ncc1Br. The van der Waals surface area contributed by atoms with Crippen LogP contribution in [0.4, 0.5) is 11.8 Å². The summed E-state index contributed by atoms with van der Waals surface area (Å²) in [7, 11) is 0. The number of halogens is 1. The monoisotopic (exact) mass is 274 g/mol. The largest absolute Gasteiger partial charge is 0.395 e. The highest BCUT2D eigenvalue weighted by Gasteiger charge is 2.15. The molecule has 1 heterocycles. The third-order valence-electron chi connectivity index (χ3n) is 1.98. The van der Waals surface area contributed by atoms with Crippen LogP contribution >= 0.6 is 15.9 Å². The molecule has 0 saturated heterocycles. The van der Waals surface area contributed by atoms with Crippen molar-refractivity contribution in [3.05, 3.63) is 10.7 Å². The Morgan fingerprint density at radius 2 is 2.27 bits per heavy atom. The van der Waals surface area contributed by atoms with E-state index in [1.165, 1.54) is 0 Å². The normalized spacial score (nSPS) is 10.7. The van der Waals surface area contributed by atoms with E-state index in [4.69, 9.17) is 10.8 Å².